The number of Topliss-reactive ketones (excluding diaryl/α,β-unsaturated/α-hetero) is 1. The SMILES string of the molecule is CCOC(=O)c1c(C)[nH]c(C)c1C(=O)/C(C#N)=C/c1cccc(O)c1. The molecule has 0 aliphatic rings. The Bertz CT molecular complexity index is 901. The quantitative estimate of drug-likeness (QED) is 0.377. The molecule has 6 heteroatoms. The number of carbonyl (C=O) groups excluding carboxylic acids is 2. The van der Waals surface area contributed by atoms with E-state index in [0.717, 1.165) is 0 Å². The lowest BCUT2D eigenvalue weighted by Crippen LogP contribution is -2.13. The van der Waals surface area contributed by atoms with Gasteiger partial charge in [0.05, 0.1) is 17.7 Å². The van der Waals surface area contributed by atoms with Crippen LogP contribution in [0.2, 0.25) is 0 Å². The predicted molar refractivity (Wildman–Crippen MR) is 92.3 cm³/mol. The Morgan fingerprint density at radius 2 is 1.96 bits per heavy atom. The Hall–Kier alpha value is -3.33. The number of nitriles is 1. The van der Waals surface area contributed by atoms with Gasteiger partial charge in [-0.05, 0) is 44.5 Å². The number of aryl methyl sites for hydroxylation is 2. The normalized spacial score (nSPS) is 11.0. The van der Waals surface area contributed by atoms with Gasteiger partial charge in [0.25, 0.3) is 0 Å². The summed E-state index contributed by atoms with van der Waals surface area (Å²) in [5.41, 5.74) is 1.63. The molecule has 0 unspecified atom stereocenters. The number of ether oxygens (including phenoxy) is 1. The molecule has 6 nitrogen and oxygen atoms in total. The first-order valence-electron chi connectivity index (χ1n) is 7.70. The Morgan fingerprint density at radius 3 is 2.56 bits per heavy atom. The maximum atomic E-state index is 12.8. The fraction of sp³-hybridized carbons (Fsp3) is 0.211. The Labute approximate surface area is 145 Å². The third-order valence-corrected chi connectivity index (χ3v) is 3.63. The number of H-pyrrole nitrogens is 1. The molecule has 0 fully saturated rings. The molecule has 0 aliphatic heterocycles. The standard InChI is InChI=1S/C19H18N2O4/c1-4-25-19(24)17-12(3)21-11(2)16(17)18(23)14(10-20)8-13-6-5-7-15(22)9-13/h5-9,21-22H,4H2,1-3H3/b14-8+. The number of hydrogen-bond acceptors (Lipinski definition) is 5. The summed E-state index contributed by atoms with van der Waals surface area (Å²) in [7, 11) is 0. The summed E-state index contributed by atoms with van der Waals surface area (Å²) < 4.78 is 5.01. The summed E-state index contributed by atoms with van der Waals surface area (Å²) in [4.78, 5) is 28.0. The van der Waals surface area contributed by atoms with Crippen molar-refractivity contribution in [2.45, 2.75) is 20.8 Å². The number of allylic oxidation sites excluding steroid dienone is 1. The molecular weight excluding hydrogens is 320 g/mol. The van der Waals surface area contributed by atoms with Gasteiger partial charge < -0.3 is 14.8 Å². The zero-order chi connectivity index (χ0) is 18.6. The lowest BCUT2D eigenvalue weighted by atomic mass is 9.98. The van der Waals surface area contributed by atoms with Crippen LogP contribution in [0.15, 0.2) is 29.8 Å². The van der Waals surface area contributed by atoms with E-state index in [1.807, 2.05) is 6.07 Å². The molecule has 0 aliphatic carbocycles. The highest BCUT2D eigenvalue weighted by Gasteiger charge is 2.27. The summed E-state index contributed by atoms with van der Waals surface area (Å²) in [5.74, 6) is -1.16. The second-order valence-corrected chi connectivity index (χ2v) is 5.44. The van der Waals surface area contributed by atoms with Gasteiger partial charge in [-0.15, -0.1) is 0 Å². The minimum atomic E-state index is -0.609. The number of aromatic amines is 1. The van der Waals surface area contributed by atoms with Gasteiger partial charge >= 0.3 is 5.97 Å². The van der Waals surface area contributed by atoms with Crippen molar-refractivity contribution in [3.63, 3.8) is 0 Å². The molecule has 0 saturated carbocycles. The summed E-state index contributed by atoms with van der Waals surface area (Å²) in [5, 5.41) is 18.9. The number of ketones is 1. The smallest absolute Gasteiger partial charge is 0.340 e. The van der Waals surface area contributed by atoms with Crippen LogP contribution in [-0.4, -0.2) is 28.4 Å². The van der Waals surface area contributed by atoms with Crippen LogP contribution in [0.25, 0.3) is 6.08 Å². The van der Waals surface area contributed by atoms with E-state index >= 15 is 0 Å². The van der Waals surface area contributed by atoms with Gasteiger partial charge in [0, 0.05) is 11.4 Å². The third kappa shape index (κ3) is 3.78. The highest BCUT2D eigenvalue weighted by molar-refractivity contribution is 6.19. The molecule has 25 heavy (non-hydrogen) atoms. The van der Waals surface area contributed by atoms with E-state index in [4.69, 9.17) is 4.74 Å². The average molecular weight is 338 g/mol. The van der Waals surface area contributed by atoms with Gasteiger partial charge in [-0.2, -0.15) is 5.26 Å². The van der Waals surface area contributed by atoms with Crippen molar-refractivity contribution in [2.24, 2.45) is 0 Å². The fourth-order valence-electron chi connectivity index (χ4n) is 2.59. The van der Waals surface area contributed by atoms with Crippen molar-refractivity contribution < 1.29 is 19.4 Å². The number of benzene rings is 1. The van der Waals surface area contributed by atoms with Crippen LogP contribution in [0.3, 0.4) is 0 Å². The summed E-state index contributed by atoms with van der Waals surface area (Å²) in [6.45, 7) is 5.18. The molecule has 1 heterocycles. The zero-order valence-electron chi connectivity index (χ0n) is 14.2. The molecule has 2 aromatic rings. The van der Waals surface area contributed by atoms with Crippen LogP contribution < -0.4 is 0 Å². The molecular formula is C19H18N2O4. The maximum Gasteiger partial charge on any atom is 0.340 e. The van der Waals surface area contributed by atoms with Crippen LogP contribution in [0.1, 0.15) is 44.6 Å². The monoisotopic (exact) mass is 338 g/mol. The predicted octanol–water partition coefficient (Wildman–Crippen LogP) is 3.30. The molecule has 0 radical (unpaired) electrons. The number of phenolic OH excluding ortho intramolecular Hbond substituents is 1. The van der Waals surface area contributed by atoms with Crippen molar-refractivity contribution in [2.75, 3.05) is 6.61 Å². The second-order valence-electron chi connectivity index (χ2n) is 5.44. The van der Waals surface area contributed by atoms with E-state index in [0.29, 0.717) is 17.0 Å². The van der Waals surface area contributed by atoms with E-state index < -0.39 is 11.8 Å². The van der Waals surface area contributed by atoms with Gasteiger partial charge in [-0.3, -0.25) is 4.79 Å². The molecule has 0 spiro atoms. The van der Waals surface area contributed by atoms with Crippen LogP contribution in [0.5, 0.6) is 5.75 Å². The molecule has 0 bridgehead atoms. The lowest BCUT2D eigenvalue weighted by Gasteiger charge is -2.05. The van der Waals surface area contributed by atoms with E-state index in [9.17, 15) is 20.0 Å². The number of phenols is 1. The van der Waals surface area contributed by atoms with Crippen LogP contribution in [-0.2, 0) is 4.74 Å². The van der Waals surface area contributed by atoms with Gasteiger partial charge in [-0.1, -0.05) is 12.1 Å². The lowest BCUT2D eigenvalue weighted by molar-refractivity contribution is 0.0523. The van der Waals surface area contributed by atoms with Gasteiger partial charge in [-0.25, -0.2) is 4.79 Å². The molecule has 0 amide bonds. The van der Waals surface area contributed by atoms with Gasteiger partial charge in [0.15, 0.2) is 0 Å². The number of esters is 1. The first-order chi connectivity index (χ1) is 11.9. The van der Waals surface area contributed by atoms with E-state index in [1.165, 1.54) is 18.2 Å². The Morgan fingerprint density at radius 1 is 1.28 bits per heavy atom. The highest BCUT2D eigenvalue weighted by atomic mass is 16.5. The van der Waals surface area contributed by atoms with Crippen molar-refractivity contribution in [3.05, 3.63) is 57.9 Å². The summed E-state index contributed by atoms with van der Waals surface area (Å²) >= 11 is 0. The zero-order valence-corrected chi connectivity index (χ0v) is 14.2. The Kier molecular flexibility index (Phi) is 5.40. The topological polar surface area (TPSA) is 103 Å². The molecule has 1 aromatic carbocycles. The largest absolute Gasteiger partial charge is 0.508 e. The number of rotatable bonds is 5. The van der Waals surface area contributed by atoms with Crippen molar-refractivity contribution in [3.8, 4) is 11.8 Å². The highest BCUT2D eigenvalue weighted by Crippen LogP contribution is 2.24. The average Bonchev–Trinajstić information content (AvgIpc) is 2.86. The Balaban J connectivity index is 2.52. The molecule has 0 atom stereocenters. The molecule has 2 N–H and O–H groups in total. The summed E-state index contributed by atoms with van der Waals surface area (Å²) in [6, 6.07) is 8.06. The number of aromatic hydroxyl groups is 1. The van der Waals surface area contributed by atoms with Crippen LogP contribution in [0.4, 0.5) is 0 Å². The van der Waals surface area contributed by atoms with E-state index in [1.54, 1.807) is 32.9 Å². The molecule has 0 saturated heterocycles. The maximum absolute atomic E-state index is 12.8. The van der Waals surface area contributed by atoms with Crippen molar-refractivity contribution in [1.82, 2.24) is 4.98 Å². The molecule has 1 aromatic heterocycles. The van der Waals surface area contributed by atoms with Crippen molar-refractivity contribution >= 4 is 17.8 Å². The number of carbonyl (C=O) groups is 2. The number of aromatic nitrogens is 1. The number of nitrogens with zero attached hydrogens (tertiary/aromatic N) is 1. The minimum Gasteiger partial charge on any atom is -0.508 e. The van der Waals surface area contributed by atoms with Gasteiger partial charge in [0.2, 0.25) is 5.78 Å². The first-order valence-corrected chi connectivity index (χ1v) is 7.70. The fourth-order valence-corrected chi connectivity index (χ4v) is 2.59. The van der Waals surface area contributed by atoms with E-state index in [-0.39, 0.29) is 29.1 Å². The molecule has 128 valence electrons. The van der Waals surface area contributed by atoms with E-state index in [2.05, 4.69) is 4.98 Å². The first kappa shape index (κ1) is 18.0. The molecule has 2 rings (SSSR count). The third-order valence-electron chi connectivity index (χ3n) is 3.63. The van der Waals surface area contributed by atoms with Crippen molar-refractivity contribution in [1.29, 1.82) is 5.26 Å². The number of hydrogen-bond donors (Lipinski definition) is 2. The number of nitrogens with one attached hydrogen (secondary N) is 1. The minimum absolute atomic E-state index is 0.0272. The second kappa shape index (κ2) is 7.49. The van der Waals surface area contributed by atoms with Crippen LogP contribution in [0, 0.1) is 25.2 Å². The summed E-state index contributed by atoms with van der Waals surface area (Å²) in [6.07, 6.45) is 1.37. The van der Waals surface area contributed by atoms with Gasteiger partial charge in [0.1, 0.15) is 17.4 Å². The van der Waals surface area contributed by atoms with Crippen LogP contribution >= 0.6 is 0 Å².